The van der Waals surface area contributed by atoms with Gasteiger partial charge in [-0.05, 0) is 55.9 Å². The highest BCUT2D eigenvalue weighted by atomic mass is 16.8. The molecule has 2 aliphatic rings. The molecule has 38 heavy (non-hydrogen) atoms. The molecule has 2 aliphatic heterocycles. The molecule has 10 heteroatoms. The Balaban J connectivity index is 1.77. The monoisotopic (exact) mass is 530 g/mol. The fraction of sp³-hybridized carbons (Fsp3) is 0.643. The van der Waals surface area contributed by atoms with Crippen LogP contribution in [0.2, 0.25) is 0 Å². The summed E-state index contributed by atoms with van der Waals surface area (Å²) < 4.78 is 5.57. The van der Waals surface area contributed by atoms with E-state index in [1.807, 2.05) is 44.2 Å². The number of hydroxylamine groups is 1. The first-order valence-corrected chi connectivity index (χ1v) is 13.7. The van der Waals surface area contributed by atoms with Crippen LogP contribution in [0.25, 0.3) is 0 Å². The number of rotatable bonds is 13. The molecule has 5 amide bonds. The molecule has 2 heterocycles. The summed E-state index contributed by atoms with van der Waals surface area (Å²) in [5.41, 5.74) is 6.36. The normalized spacial score (nSPS) is 21.4. The van der Waals surface area contributed by atoms with Crippen LogP contribution >= 0.6 is 0 Å². The third-order valence-electron chi connectivity index (χ3n) is 6.99. The minimum atomic E-state index is -0.816. The number of hydrogen-bond donors (Lipinski definition) is 3. The molecule has 1 aromatic carbocycles. The minimum Gasteiger partial charge on any atom is -0.350 e. The molecule has 0 aliphatic carbocycles. The second-order valence-electron chi connectivity index (χ2n) is 10.9. The van der Waals surface area contributed by atoms with E-state index >= 15 is 0 Å². The third kappa shape index (κ3) is 8.26. The van der Waals surface area contributed by atoms with Gasteiger partial charge in [-0.2, -0.15) is 0 Å². The molecule has 2 fully saturated rings. The van der Waals surface area contributed by atoms with E-state index in [1.54, 1.807) is 13.8 Å². The average molecular weight is 531 g/mol. The SMILES string of the molecule is CC(C)C[C@@H](C(=O)NN1C(=O)NC(=O)[C@H]1C(C)C)[C@H](CCCc1ccccc1)C(=O)NOC1CCCCO1. The van der Waals surface area contributed by atoms with Gasteiger partial charge in [-0.25, -0.2) is 20.1 Å². The Morgan fingerprint density at radius 1 is 1.08 bits per heavy atom. The van der Waals surface area contributed by atoms with Crippen LogP contribution in [0.15, 0.2) is 30.3 Å². The Hall–Kier alpha value is -2.98. The lowest BCUT2D eigenvalue weighted by Crippen LogP contribution is -2.54. The van der Waals surface area contributed by atoms with Crippen LogP contribution in [0, 0.1) is 23.7 Å². The van der Waals surface area contributed by atoms with E-state index < -0.39 is 47.9 Å². The highest BCUT2D eigenvalue weighted by Gasteiger charge is 2.43. The van der Waals surface area contributed by atoms with E-state index in [0.717, 1.165) is 29.8 Å². The number of carbonyl (C=O) groups is 4. The zero-order chi connectivity index (χ0) is 27.7. The van der Waals surface area contributed by atoms with Gasteiger partial charge < -0.3 is 4.74 Å². The maximum atomic E-state index is 13.7. The molecule has 0 spiro atoms. The van der Waals surface area contributed by atoms with Gasteiger partial charge in [0.05, 0.1) is 11.8 Å². The van der Waals surface area contributed by atoms with Crippen molar-refractivity contribution in [1.29, 1.82) is 0 Å². The minimum absolute atomic E-state index is 0.104. The molecule has 0 saturated carbocycles. The topological polar surface area (TPSA) is 126 Å². The fourth-order valence-corrected chi connectivity index (χ4v) is 5.06. The van der Waals surface area contributed by atoms with Gasteiger partial charge in [-0.15, -0.1) is 0 Å². The highest BCUT2D eigenvalue weighted by Crippen LogP contribution is 2.28. The predicted octanol–water partition coefficient (Wildman–Crippen LogP) is 3.47. The number of nitrogens with zero attached hydrogens (tertiary/aromatic N) is 1. The number of nitrogens with one attached hydrogen (secondary N) is 3. The lowest BCUT2D eigenvalue weighted by atomic mass is 9.81. The summed E-state index contributed by atoms with van der Waals surface area (Å²) in [4.78, 5) is 57.4. The van der Waals surface area contributed by atoms with E-state index in [2.05, 4.69) is 16.2 Å². The molecule has 3 rings (SSSR count). The molecule has 0 bridgehead atoms. The van der Waals surface area contributed by atoms with E-state index in [1.165, 1.54) is 0 Å². The molecule has 0 aromatic heterocycles. The fourth-order valence-electron chi connectivity index (χ4n) is 5.06. The summed E-state index contributed by atoms with van der Waals surface area (Å²) in [7, 11) is 0. The Labute approximate surface area is 225 Å². The first-order chi connectivity index (χ1) is 18.2. The van der Waals surface area contributed by atoms with E-state index in [9.17, 15) is 19.2 Å². The number of aryl methyl sites for hydroxylation is 1. The number of carbonyl (C=O) groups excluding carboxylic acids is 4. The van der Waals surface area contributed by atoms with E-state index in [0.29, 0.717) is 32.3 Å². The molecule has 4 atom stereocenters. The summed E-state index contributed by atoms with van der Waals surface area (Å²) in [6, 6.07) is 8.48. The van der Waals surface area contributed by atoms with Gasteiger partial charge in [0.25, 0.3) is 5.91 Å². The highest BCUT2D eigenvalue weighted by molar-refractivity contribution is 6.05. The predicted molar refractivity (Wildman–Crippen MR) is 141 cm³/mol. The Kier molecular flexibility index (Phi) is 11.1. The van der Waals surface area contributed by atoms with Crippen molar-refractivity contribution < 1.29 is 28.8 Å². The van der Waals surface area contributed by atoms with Gasteiger partial charge in [-0.1, -0.05) is 58.0 Å². The summed E-state index contributed by atoms with van der Waals surface area (Å²) >= 11 is 0. The summed E-state index contributed by atoms with van der Waals surface area (Å²) in [6.07, 6.45) is 4.38. The first kappa shape index (κ1) is 29.6. The Bertz CT molecular complexity index is 948. The van der Waals surface area contributed by atoms with E-state index in [4.69, 9.17) is 9.57 Å². The van der Waals surface area contributed by atoms with E-state index in [-0.39, 0.29) is 11.8 Å². The van der Waals surface area contributed by atoms with Gasteiger partial charge in [-0.3, -0.25) is 25.1 Å². The number of imide groups is 1. The first-order valence-electron chi connectivity index (χ1n) is 13.7. The van der Waals surface area contributed by atoms with Crippen LogP contribution in [0.4, 0.5) is 4.79 Å². The molecule has 10 nitrogen and oxygen atoms in total. The maximum Gasteiger partial charge on any atom is 0.343 e. The number of hydrazine groups is 1. The second kappa shape index (κ2) is 14.2. The van der Waals surface area contributed by atoms with Crippen LogP contribution in [0.3, 0.4) is 0 Å². The van der Waals surface area contributed by atoms with Crippen LogP contribution in [0.1, 0.15) is 71.8 Å². The number of urea groups is 1. The van der Waals surface area contributed by atoms with Crippen LogP contribution in [-0.4, -0.2) is 47.7 Å². The van der Waals surface area contributed by atoms with Crippen LogP contribution in [-0.2, 0) is 30.4 Å². The molecule has 1 unspecified atom stereocenters. The van der Waals surface area contributed by atoms with Crippen molar-refractivity contribution in [2.75, 3.05) is 6.61 Å². The number of hydrogen-bond acceptors (Lipinski definition) is 6. The molecule has 210 valence electrons. The number of ether oxygens (including phenoxy) is 1. The Morgan fingerprint density at radius 2 is 1.82 bits per heavy atom. The lowest BCUT2D eigenvalue weighted by molar-refractivity contribution is -0.203. The average Bonchev–Trinajstić information content (AvgIpc) is 3.17. The van der Waals surface area contributed by atoms with Crippen molar-refractivity contribution in [1.82, 2.24) is 21.2 Å². The zero-order valence-electron chi connectivity index (χ0n) is 22.9. The largest absolute Gasteiger partial charge is 0.350 e. The second-order valence-corrected chi connectivity index (χ2v) is 10.9. The number of amides is 5. The zero-order valence-corrected chi connectivity index (χ0v) is 22.9. The Morgan fingerprint density at radius 3 is 2.45 bits per heavy atom. The summed E-state index contributed by atoms with van der Waals surface area (Å²) in [6.45, 7) is 8.15. The molecule has 3 N–H and O–H groups in total. The van der Waals surface area contributed by atoms with Gasteiger partial charge in [0.1, 0.15) is 6.04 Å². The van der Waals surface area contributed by atoms with Crippen molar-refractivity contribution in [3.8, 4) is 0 Å². The molecular formula is C28H42N4O6. The van der Waals surface area contributed by atoms with Crippen LogP contribution in [0.5, 0.6) is 0 Å². The standard InChI is InChI=1S/C28H42N4O6/c1-18(2)17-22(25(33)30-32-24(19(3)4)27(35)29-28(32)36)21(14-10-13-20-11-6-5-7-12-20)26(34)31-38-23-15-8-9-16-37-23/h5-7,11-12,18-19,21-24H,8-10,13-17H2,1-4H3,(H,30,33)(H,31,34)(H,29,35,36)/t21-,22+,23?,24+/m0/s1. The summed E-state index contributed by atoms with van der Waals surface area (Å²) in [5, 5.41) is 3.33. The molecular weight excluding hydrogens is 488 g/mol. The van der Waals surface area contributed by atoms with Gasteiger partial charge in [0.15, 0.2) is 6.29 Å². The van der Waals surface area contributed by atoms with Gasteiger partial charge >= 0.3 is 6.03 Å². The maximum absolute atomic E-state index is 13.7. The molecule has 0 radical (unpaired) electrons. The number of benzene rings is 1. The van der Waals surface area contributed by atoms with Crippen molar-refractivity contribution in [3.05, 3.63) is 35.9 Å². The van der Waals surface area contributed by atoms with Crippen molar-refractivity contribution in [3.63, 3.8) is 0 Å². The summed E-state index contributed by atoms with van der Waals surface area (Å²) in [5.74, 6) is -2.87. The molecule has 2 saturated heterocycles. The van der Waals surface area contributed by atoms with Gasteiger partial charge in [0.2, 0.25) is 11.8 Å². The lowest BCUT2D eigenvalue weighted by Gasteiger charge is -2.31. The van der Waals surface area contributed by atoms with Crippen LogP contribution < -0.4 is 16.2 Å². The smallest absolute Gasteiger partial charge is 0.343 e. The van der Waals surface area contributed by atoms with Crippen molar-refractivity contribution in [2.24, 2.45) is 23.7 Å². The molecule has 1 aromatic rings. The third-order valence-corrected chi connectivity index (χ3v) is 6.99. The van der Waals surface area contributed by atoms with Crippen molar-refractivity contribution >= 4 is 23.8 Å². The quantitative estimate of drug-likeness (QED) is 0.265. The van der Waals surface area contributed by atoms with Crippen molar-refractivity contribution in [2.45, 2.75) is 85.0 Å². The van der Waals surface area contributed by atoms with Gasteiger partial charge in [0, 0.05) is 13.0 Å².